The Labute approximate surface area is 156 Å². The van der Waals surface area contributed by atoms with E-state index in [0.29, 0.717) is 43.0 Å². The highest BCUT2D eigenvalue weighted by Gasteiger charge is 2.24. The summed E-state index contributed by atoms with van der Waals surface area (Å²) in [6.45, 7) is 7.00. The van der Waals surface area contributed by atoms with E-state index in [9.17, 15) is 8.42 Å². The van der Waals surface area contributed by atoms with Gasteiger partial charge in [-0.25, -0.2) is 13.4 Å². The summed E-state index contributed by atoms with van der Waals surface area (Å²) in [6.07, 6.45) is 1.95. The Morgan fingerprint density at radius 2 is 2.04 bits per heavy atom. The highest BCUT2D eigenvalue weighted by molar-refractivity contribution is 7.92. The molecule has 0 bridgehead atoms. The number of aromatic nitrogens is 3. The summed E-state index contributed by atoms with van der Waals surface area (Å²) in [5.41, 5.74) is 0.590. The van der Waals surface area contributed by atoms with Crippen LogP contribution in [0.25, 0.3) is 0 Å². The van der Waals surface area contributed by atoms with Crippen molar-refractivity contribution in [3.8, 4) is 0 Å². The molecule has 10 heteroatoms. The summed E-state index contributed by atoms with van der Waals surface area (Å²) in [7, 11) is -3.52. The van der Waals surface area contributed by atoms with Gasteiger partial charge in [0.15, 0.2) is 0 Å². The minimum atomic E-state index is -3.52. The highest BCUT2D eigenvalue weighted by Crippen LogP contribution is 2.27. The third kappa shape index (κ3) is 4.96. The maximum atomic E-state index is 12.6. The molecule has 0 spiro atoms. The van der Waals surface area contributed by atoms with Crippen LogP contribution in [0.4, 0.5) is 5.13 Å². The monoisotopic (exact) mass is 402 g/mol. The molecule has 7 nitrogen and oxygen atoms in total. The third-order valence-electron chi connectivity index (χ3n) is 3.82. The molecule has 0 amide bonds. The molecule has 0 aliphatic carbocycles. The molecule has 138 valence electrons. The Morgan fingerprint density at radius 3 is 2.76 bits per heavy atom. The van der Waals surface area contributed by atoms with Gasteiger partial charge in [0.2, 0.25) is 19.3 Å². The van der Waals surface area contributed by atoms with E-state index >= 15 is 0 Å². The third-order valence-corrected chi connectivity index (χ3v) is 7.85. The molecule has 1 saturated heterocycles. The zero-order chi connectivity index (χ0) is 17.9. The van der Waals surface area contributed by atoms with Crippen LogP contribution in [0.3, 0.4) is 0 Å². The number of anilines is 1. The number of thiazole rings is 1. The minimum Gasteiger partial charge on any atom is -0.378 e. The largest absolute Gasteiger partial charge is 0.378 e. The SMILES string of the molecule is CC(C)CCc1nc(CS(=O)(=O)c2nnc(N3CCOCC3)s2)cs1. The van der Waals surface area contributed by atoms with E-state index in [1.54, 1.807) is 0 Å². The van der Waals surface area contributed by atoms with Crippen molar-refractivity contribution in [3.63, 3.8) is 0 Å². The molecular formula is C15H22N4O3S3. The average molecular weight is 403 g/mol. The fourth-order valence-corrected chi connectivity index (χ4v) is 5.69. The quantitative estimate of drug-likeness (QED) is 0.703. The van der Waals surface area contributed by atoms with Gasteiger partial charge in [0.25, 0.3) is 0 Å². The number of morpholine rings is 1. The number of sulfone groups is 1. The van der Waals surface area contributed by atoms with Crippen molar-refractivity contribution < 1.29 is 13.2 Å². The lowest BCUT2D eigenvalue weighted by Gasteiger charge is -2.25. The molecule has 0 radical (unpaired) electrons. The molecule has 0 unspecified atom stereocenters. The van der Waals surface area contributed by atoms with Crippen molar-refractivity contribution >= 4 is 37.6 Å². The molecule has 1 aliphatic rings. The number of hydrogen-bond acceptors (Lipinski definition) is 9. The lowest BCUT2D eigenvalue weighted by atomic mass is 10.1. The number of hydrogen-bond donors (Lipinski definition) is 0. The topological polar surface area (TPSA) is 85.3 Å². The van der Waals surface area contributed by atoms with Gasteiger partial charge >= 0.3 is 0 Å². The maximum absolute atomic E-state index is 12.6. The van der Waals surface area contributed by atoms with Crippen LogP contribution in [0.2, 0.25) is 0 Å². The molecule has 1 aliphatic heterocycles. The molecule has 1 fully saturated rings. The van der Waals surface area contributed by atoms with Gasteiger partial charge in [-0.1, -0.05) is 25.2 Å². The van der Waals surface area contributed by atoms with Crippen molar-refractivity contribution in [2.45, 2.75) is 36.8 Å². The second-order valence-corrected chi connectivity index (χ2v) is 10.4. The first-order valence-electron chi connectivity index (χ1n) is 8.26. The van der Waals surface area contributed by atoms with E-state index in [1.807, 2.05) is 10.3 Å². The minimum absolute atomic E-state index is 0.0609. The van der Waals surface area contributed by atoms with Gasteiger partial charge < -0.3 is 9.64 Å². The predicted molar refractivity (Wildman–Crippen MR) is 99.1 cm³/mol. The van der Waals surface area contributed by atoms with Gasteiger partial charge in [0, 0.05) is 18.5 Å². The van der Waals surface area contributed by atoms with E-state index in [0.717, 1.165) is 29.2 Å². The number of ether oxygens (including phenoxy) is 1. The average Bonchev–Trinajstić information content (AvgIpc) is 3.23. The van der Waals surface area contributed by atoms with Crippen molar-refractivity contribution in [1.82, 2.24) is 15.2 Å². The standard InChI is InChI=1S/C15H22N4O3S3/c1-11(2)3-4-13-16-12(9-23-13)10-25(20,21)15-18-17-14(24-15)19-5-7-22-8-6-19/h9,11H,3-8,10H2,1-2H3. The van der Waals surface area contributed by atoms with Gasteiger partial charge in [-0.2, -0.15) is 0 Å². The summed E-state index contributed by atoms with van der Waals surface area (Å²) in [5.74, 6) is 0.485. The molecule has 0 atom stereocenters. The Bertz CT molecular complexity index is 795. The van der Waals surface area contributed by atoms with Crippen molar-refractivity contribution in [2.24, 2.45) is 5.92 Å². The van der Waals surface area contributed by atoms with Crippen LogP contribution in [-0.4, -0.2) is 49.9 Å². The van der Waals surface area contributed by atoms with Crippen molar-refractivity contribution in [3.05, 3.63) is 16.1 Å². The summed E-state index contributed by atoms with van der Waals surface area (Å²) in [4.78, 5) is 6.47. The lowest BCUT2D eigenvalue weighted by Crippen LogP contribution is -2.36. The molecule has 2 aromatic heterocycles. The second-order valence-electron chi connectivity index (χ2n) is 6.37. The Morgan fingerprint density at radius 1 is 1.28 bits per heavy atom. The summed E-state index contributed by atoms with van der Waals surface area (Å²) < 4.78 is 30.6. The van der Waals surface area contributed by atoms with Crippen LogP contribution in [0.5, 0.6) is 0 Å². The summed E-state index contributed by atoms with van der Waals surface area (Å²) in [6, 6.07) is 0. The zero-order valence-electron chi connectivity index (χ0n) is 14.3. The highest BCUT2D eigenvalue weighted by atomic mass is 32.2. The van der Waals surface area contributed by atoms with Crippen LogP contribution in [0, 0.1) is 5.92 Å². The van der Waals surface area contributed by atoms with Crippen molar-refractivity contribution in [1.29, 1.82) is 0 Å². The zero-order valence-corrected chi connectivity index (χ0v) is 16.8. The normalized spacial score (nSPS) is 15.9. The maximum Gasteiger partial charge on any atom is 0.234 e. The summed E-state index contributed by atoms with van der Waals surface area (Å²) in [5, 5.41) is 11.4. The molecule has 3 rings (SSSR count). The molecule has 25 heavy (non-hydrogen) atoms. The first-order valence-corrected chi connectivity index (χ1v) is 11.6. The number of aryl methyl sites for hydroxylation is 1. The number of nitrogens with zero attached hydrogens (tertiary/aromatic N) is 4. The molecule has 0 N–H and O–H groups in total. The first kappa shape index (κ1) is 18.7. The molecular weight excluding hydrogens is 380 g/mol. The van der Waals surface area contributed by atoms with E-state index in [1.165, 1.54) is 11.3 Å². The Balaban J connectivity index is 1.66. The predicted octanol–water partition coefficient (Wildman–Crippen LogP) is 2.39. The Kier molecular flexibility index (Phi) is 6.03. The molecule has 0 saturated carbocycles. The smallest absolute Gasteiger partial charge is 0.234 e. The van der Waals surface area contributed by atoms with E-state index in [2.05, 4.69) is 29.0 Å². The van der Waals surface area contributed by atoms with Crippen LogP contribution in [0.1, 0.15) is 31.0 Å². The van der Waals surface area contributed by atoms with Gasteiger partial charge in [0.05, 0.1) is 23.9 Å². The Hall–Kier alpha value is -1.10. The molecule has 3 heterocycles. The summed E-state index contributed by atoms with van der Waals surface area (Å²) >= 11 is 2.65. The van der Waals surface area contributed by atoms with Crippen LogP contribution < -0.4 is 4.90 Å². The van der Waals surface area contributed by atoms with Crippen molar-refractivity contribution in [2.75, 3.05) is 31.2 Å². The number of rotatable bonds is 7. The van der Waals surface area contributed by atoms with E-state index in [-0.39, 0.29) is 10.1 Å². The molecule has 2 aromatic rings. The van der Waals surface area contributed by atoms with E-state index in [4.69, 9.17) is 4.74 Å². The lowest BCUT2D eigenvalue weighted by molar-refractivity contribution is 0.122. The molecule has 0 aromatic carbocycles. The van der Waals surface area contributed by atoms with Crippen LogP contribution >= 0.6 is 22.7 Å². The van der Waals surface area contributed by atoms with Crippen LogP contribution in [-0.2, 0) is 26.7 Å². The fraction of sp³-hybridized carbons (Fsp3) is 0.667. The fourth-order valence-electron chi connectivity index (χ4n) is 2.41. The first-order chi connectivity index (χ1) is 11.9. The van der Waals surface area contributed by atoms with E-state index < -0.39 is 9.84 Å². The van der Waals surface area contributed by atoms with Crippen LogP contribution in [0.15, 0.2) is 9.72 Å². The van der Waals surface area contributed by atoms with Gasteiger partial charge in [0.1, 0.15) is 5.75 Å². The van der Waals surface area contributed by atoms with Gasteiger partial charge in [-0.15, -0.1) is 21.5 Å². The second kappa shape index (κ2) is 8.07. The van der Waals surface area contributed by atoms with Gasteiger partial charge in [-0.3, -0.25) is 0 Å². The van der Waals surface area contributed by atoms with Gasteiger partial charge in [-0.05, 0) is 18.8 Å².